The van der Waals surface area contributed by atoms with Crippen LogP contribution in [0.1, 0.15) is 71.2 Å². The Morgan fingerprint density at radius 2 is 1.68 bits per heavy atom. The zero-order valence-electron chi connectivity index (χ0n) is 22.0. The van der Waals surface area contributed by atoms with Crippen LogP contribution in [0.4, 0.5) is 0 Å². The number of benzene rings is 1. The Morgan fingerprint density at radius 1 is 1.05 bits per heavy atom. The van der Waals surface area contributed by atoms with Crippen molar-refractivity contribution in [1.82, 2.24) is 0 Å². The van der Waals surface area contributed by atoms with Gasteiger partial charge < -0.3 is 14.6 Å². The van der Waals surface area contributed by atoms with E-state index in [0.717, 1.165) is 12.8 Å². The lowest BCUT2D eigenvalue weighted by molar-refractivity contribution is -0.166. The highest BCUT2D eigenvalue weighted by Crippen LogP contribution is 2.61. The van der Waals surface area contributed by atoms with Crippen LogP contribution in [0.15, 0.2) is 46.7 Å². The molecule has 0 amide bonds. The van der Waals surface area contributed by atoms with Gasteiger partial charge in [-0.3, -0.25) is 14.4 Å². The lowest BCUT2D eigenvalue weighted by Crippen LogP contribution is -2.60. The van der Waals surface area contributed by atoms with Gasteiger partial charge in [-0.15, -0.1) is 0 Å². The van der Waals surface area contributed by atoms with E-state index in [2.05, 4.69) is 0 Å². The summed E-state index contributed by atoms with van der Waals surface area (Å²) in [6, 6.07) is 6.03. The molecule has 1 fully saturated rings. The van der Waals surface area contributed by atoms with Gasteiger partial charge in [0.1, 0.15) is 0 Å². The van der Waals surface area contributed by atoms with E-state index < -0.39 is 58.4 Å². The Hall–Kier alpha value is -2.77. The highest BCUT2D eigenvalue weighted by Gasteiger charge is 2.62. The van der Waals surface area contributed by atoms with Gasteiger partial charge in [0.05, 0.1) is 17.2 Å². The summed E-state index contributed by atoms with van der Waals surface area (Å²) in [5.74, 6) is -3.83. The molecule has 8 heteroatoms. The first-order valence-electron chi connectivity index (χ1n) is 12.6. The number of hydrogen-bond acceptors (Lipinski definition) is 7. The molecule has 0 saturated heterocycles. The molecule has 0 spiro atoms. The third kappa shape index (κ3) is 4.46. The van der Waals surface area contributed by atoms with Gasteiger partial charge in [0.15, 0.2) is 17.6 Å². The van der Waals surface area contributed by atoms with E-state index >= 15 is 0 Å². The molecule has 0 aromatic heterocycles. The summed E-state index contributed by atoms with van der Waals surface area (Å²) in [5.41, 5.74) is -0.920. The monoisotopic (exact) mass is 528 g/mol. The van der Waals surface area contributed by atoms with Crippen LogP contribution in [0, 0.1) is 22.7 Å². The van der Waals surface area contributed by atoms with E-state index in [9.17, 15) is 24.3 Å². The number of rotatable bonds is 4. The first-order valence-corrected chi connectivity index (χ1v) is 13.0. The standard InChI is InChI=1S/C29H33ClO7/c1-14(2)18-21(32)19-20(22(33)24(18)37-27(35)16-8-10-17(30)11-9-16)29(6)13-7-12-28(4,5)26(29)23(34)25(19)36-15(3)31/h8-11,14,23,25-26,34H,7,12-13H2,1-6H3/t23-,25+,26+,29-/m1/s1. The van der Waals surface area contributed by atoms with Crippen LogP contribution >= 0.6 is 11.6 Å². The number of aliphatic hydroxyl groups excluding tert-OH is 1. The van der Waals surface area contributed by atoms with Crippen molar-refractivity contribution < 1.29 is 33.8 Å². The molecule has 0 bridgehead atoms. The minimum absolute atomic E-state index is 0.000795. The highest BCUT2D eigenvalue weighted by atomic mass is 35.5. The SMILES string of the molecule is CC(=O)O[C@H]1C2=C(C(=O)C(OC(=O)c3ccc(Cl)cc3)=C(C(C)C)C2=O)[C@@]2(C)CCCC(C)(C)[C@@H]2[C@@H]1O. The minimum Gasteiger partial charge on any atom is -0.455 e. The van der Waals surface area contributed by atoms with Crippen molar-refractivity contribution in [2.75, 3.05) is 0 Å². The second-order valence-electron chi connectivity index (χ2n) is 11.5. The summed E-state index contributed by atoms with van der Waals surface area (Å²) >= 11 is 5.93. The van der Waals surface area contributed by atoms with E-state index in [0.29, 0.717) is 11.4 Å². The van der Waals surface area contributed by atoms with Gasteiger partial charge in [-0.25, -0.2) is 4.79 Å². The molecule has 4 rings (SSSR count). The van der Waals surface area contributed by atoms with Gasteiger partial charge in [0.2, 0.25) is 5.78 Å². The van der Waals surface area contributed by atoms with Crippen LogP contribution in [0.3, 0.4) is 0 Å². The van der Waals surface area contributed by atoms with E-state index in [4.69, 9.17) is 21.1 Å². The van der Waals surface area contributed by atoms with Crippen molar-refractivity contribution in [2.45, 2.75) is 73.0 Å². The second kappa shape index (κ2) is 9.52. The van der Waals surface area contributed by atoms with Crippen molar-refractivity contribution in [3.05, 3.63) is 57.3 Å². The lowest BCUT2D eigenvalue weighted by Gasteiger charge is -2.58. The molecular formula is C29H33ClO7. The van der Waals surface area contributed by atoms with Crippen LogP contribution in [0.25, 0.3) is 0 Å². The van der Waals surface area contributed by atoms with E-state index in [1.54, 1.807) is 13.8 Å². The van der Waals surface area contributed by atoms with Crippen LogP contribution in [0.2, 0.25) is 5.02 Å². The predicted octanol–water partition coefficient (Wildman–Crippen LogP) is 4.99. The number of Topliss-reactive ketones (excluding diaryl/α,β-unsaturated/α-hetero) is 2. The quantitative estimate of drug-likeness (QED) is 0.433. The highest BCUT2D eigenvalue weighted by molar-refractivity contribution is 6.30. The molecule has 0 unspecified atom stereocenters. The van der Waals surface area contributed by atoms with Gasteiger partial charge in [-0.05, 0) is 48.4 Å². The first-order chi connectivity index (χ1) is 17.2. The summed E-state index contributed by atoms with van der Waals surface area (Å²) in [5, 5.41) is 12.0. The number of esters is 2. The van der Waals surface area contributed by atoms with Crippen molar-refractivity contribution in [1.29, 1.82) is 0 Å². The smallest absolute Gasteiger partial charge is 0.343 e. The summed E-state index contributed by atoms with van der Waals surface area (Å²) in [4.78, 5) is 53.4. The number of ether oxygens (including phenoxy) is 2. The number of ketones is 2. The largest absolute Gasteiger partial charge is 0.455 e. The van der Waals surface area contributed by atoms with Gasteiger partial charge in [0, 0.05) is 34.4 Å². The minimum atomic E-state index is -1.29. The molecule has 0 radical (unpaired) electrons. The molecule has 1 saturated carbocycles. The average Bonchev–Trinajstić information content (AvgIpc) is 2.78. The van der Waals surface area contributed by atoms with E-state index in [1.807, 2.05) is 20.8 Å². The maximum absolute atomic E-state index is 14.3. The van der Waals surface area contributed by atoms with Crippen LogP contribution in [0.5, 0.6) is 0 Å². The van der Waals surface area contributed by atoms with Gasteiger partial charge in [-0.2, -0.15) is 0 Å². The van der Waals surface area contributed by atoms with Crippen molar-refractivity contribution >= 4 is 35.1 Å². The fraction of sp³-hybridized carbons (Fsp3) is 0.517. The van der Waals surface area contributed by atoms with E-state index in [-0.39, 0.29) is 28.0 Å². The molecule has 198 valence electrons. The Balaban J connectivity index is 1.90. The summed E-state index contributed by atoms with van der Waals surface area (Å²) in [6.45, 7) is 10.6. The van der Waals surface area contributed by atoms with Crippen molar-refractivity contribution in [3.8, 4) is 0 Å². The molecule has 0 aliphatic heterocycles. The zero-order chi connectivity index (χ0) is 27.4. The summed E-state index contributed by atoms with van der Waals surface area (Å²) in [7, 11) is 0. The molecule has 4 atom stereocenters. The van der Waals surface area contributed by atoms with Gasteiger partial charge in [-0.1, -0.05) is 52.6 Å². The molecule has 3 aliphatic carbocycles. The number of hydrogen-bond donors (Lipinski definition) is 1. The third-order valence-corrected chi connectivity index (χ3v) is 8.39. The molecule has 0 heterocycles. The fourth-order valence-corrected chi connectivity index (χ4v) is 6.90. The molecule has 1 N–H and O–H groups in total. The lowest BCUT2D eigenvalue weighted by atomic mass is 9.47. The second-order valence-corrected chi connectivity index (χ2v) is 11.9. The Morgan fingerprint density at radius 3 is 2.24 bits per heavy atom. The van der Waals surface area contributed by atoms with Crippen LogP contribution < -0.4 is 0 Å². The zero-order valence-corrected chi connectivity index (χ0v) is 22.8. The average molecular weight is 529 g/mol. The van der Waals surface area contributed by atoms with Crippen molar-refractivity contribution in [2.24, 2.45) is 22.7 Å². The predicted molar refractivity (Wildman–Crippen MR) is 137 cm³/mol. The third-order valence-electron chi connectivity index (χ3n) is 8.13. The Bertz CT molecular complexity index is 1240. The molecule has 7 nitrogen and oxygen atoms in total. The van der Waals surface area contributed by atoms with Crippen LogP contribution in [-0.2, 0) is 23.9 Å². The van der Waals surface area contributed by atoms with Gasteiger partial charge in [0.25, 0.3) is 0 Å². The van der Waals surface area contributed by atoms with Crippen molar-refractivity contribution in [3.63, 3.8) is 0 Å². The maximum atomic E-state index is 14.3. The summed E-state index contributed by atoms with van der Waals surface area (Å²) < 4.78 is 11.2. The normalized spacial score (nSPS) is 29.2. The van der Waals surface area contributed by atoms with Crippen LogP contribution in [-0.4, -0.2) is 40.8 Å². The molecule has 1 aromatic carbocycles. The molecule has 1 aromatic rings. The molecule has 3 aliphatic rings. The Kier molecular flexibility index (Phi) is 7.01. The molecule has 37 heavy (non-hydrogen) atoms. The maximum Gasteiger partial charge on any atom is 0.343 e. The van der Waals surface area contributed by atoms with E-state index in [1.165, 1.54) is 31.2 Å². The Labute approximate surface area is 221 Å². The topological polar surface area (TPSA) is 107 Å². The fourth-order valence-electron chi connectivity index (χ4n) is 6.78. The first kappa shape index (κ1) is 27.3. The van der Waals surface area contributed by atoms with Gasteiger partial charge >= 0.3 is 11.9 Å². The summed E-state index contributed by atoms with van der Waals surface area (Å²) in [6.07, 6.45) is -0.331. The number of allylic oxidation sites excluding steroid dienone is 2. The molecular weight excluding hydrogens is 496 g/mol. The number of aliphatic hydroxyl groups is 1. The number of carbonyl (C=O) groups excluding carboxylic acids is 4. The number of halogens is 1. The number of carbonyl (C=O) groups is 4. The number of fused-ring (bicyclic) bond motifs is 2.